The van der Waals surface area contributed by atoms with Crippen molar-refractivity contribution in [1.29, 1.82) is 0 Å². The lowest BCUT2D eigenvalue weighted by atomic mass is 9.98. The Kier molecular flexibility index (Phi) is 3.73. The van der Waals surface area contributed by atoms with Gasteiger partial charge in [0.05, 0.1) is 16.9 Å². The van der Waals surface area contributed by atoms with Gasteiger partial charge in [-0.2, -0.15) is 13.2 Å². The van der Waals surface area contributed by atoms with Gasteiger partial charge in [0.25, 0.3) is 0 Å². The van der Waals surface area contributed by atoms with Crippen LogP contribution in [-0.2, 0) is 6.18 Å². The summed E-state index contributed by atoms with van der Waals surface area (Å²) >= 11 is 0. The third-order valence-corrected chi connectivity index (χ3v) is 4.58. The van der Waals surface area contributed by atoms with E-state index in [1.54, 1.807) is 0 Å². The molecule has 0 spiro atoms. The Bertz CT molecular complexity index is 515. The van der Waals surface area contributed by atoms with Gasteiger partial charge in [-0.15, -0.1) is 0 Å². The monoisotopic (exact) mass is 299 g/mol. The minimum Gasteiger partial charge on any atom is -0.397 e. The number of benzene rings is 1. The molecule has 2 aliphatic rings. The first-order valence-corrected chi connectivity index (χ1v) is 7.42. The van der Waals surface area contributed by atoms with Crippen LogP contribution < -0.4 is 11.1 Å². The molecule has 0 aliphatic carbocycles. The van der Waals surface area contributed by atoms with Gasteiger partial charge in [-0.1, -0.05) is 6.42 Å². The van der Waals surface area contributed by atoms with Crippen LogP contribution in [0, 0.1) is 0 Å². The van der Waals surface area contributed by atoms with E-state index < -0.39 is 11.7 Å². The van der Waals surface area contributed by atoms with E-state index in [4.69, 9.17) is 5.73 Å². The van der Waals surface area contributed by atoms with Gasteiger partial charge < -0.3 is 11.1 Å². The van der Waals surface area contributed by atoms with Crippen molar-refractivity contribution < 1.29 is 13.2 Å². The standard InChI is InChI=1S/C15H20F3N3/c16-15(17,18)10-4-5-12(11(19)9-10)20-13-6-8-21-7-2-1-3-14(13)21/h4-5,9,13-14,20H,1-3,6-8,19H2. The fraction of sp³-hybridized carbons (Fsp3) is 0.600. The Morgan fingerprint density at radius 1 is 1.14 bits per heavy atom. The van der Waals surface area contributed by atoms with Crippen LogP contribution in [0.1, 0.15) is 31.2 Å². The van der Waals surface area contributed by atoms with Crippen molar-refractivity contribution in [3.05, 3.63) is 23.8 Å². The van der Waals surface area contributed by atoms with Crippen molar-refractivity contribution in [2.75, 3.05) is 24.1 Å². The molecule has 3 N–H and O–H groups in total. The molecule has 1 aromatic rings. The van der Waals surface area contributed by atoms with Crippen molar-refractivity contribution >= 4 is 11.4 Å². The lowest BCUT2D eigenvalue weighted by Gasteiger charge is -2.33. The lowest BCUT2D eigenvalue weighted by molar-refractivity contribution is -0.137. The van der Waals surface area contributed by atoms with Crippen molar-refractivity contribution in [1.82, 2.24) is 4.90 Å². The summed E-state index contributed by atoms with van der Waals surface area (Å²) in [5, 5.41) is 3.35. The predicted molar refractivity (Wildman–Crippen MR) is 77.1 cm³/mol. The van der Waals surface area contributed by atoms with Crippen molar-refractivity contribution in [2.45, 2.75) is 43.9 Å². The van der Waals surface area contributed by atoms with Gasteiger partial charge in [0.2, 0.25) is 0 Å². The number of piperidine rings is 1. The Balaban J connectivity index is 1.73. The maximum Gasteiger partial charge on any atom is 0.416 e. The van der Waals surface area contributed by atoms with E-state index in [9.17, 15) is 13.2 Å². The minimum atomic E-state index is -4.35. The molecule has 2 fully saturated rings. The Morgan fingerprint density at radius 2 is 1.95 bits per heavy atom. The largest absolute Gasteiger partial charge is 0.416 e. The molecule has 116 valence electrons. The van der Waals surface area contributed by atoms with Gasteiger partial charge >= 0.3 is 6.18 Å². The van der Waals surface area contributed by atoms with Gasteiger partial charge in [-0.25, -0.2) is 0 Å². The topological polar surface area (TPSA) is 41.3 Å². The van der Waals surface area contributed by atoms with Crippen LogP contribution in [0.2, 0.25) is 0 Å². The molecule has 2 atom stereocenters. The third-order valence-electron chi connectivity index (χ3n) is 4.58. The number of rotatable bonds is 2. The van der Waals surface area contributed by atoms with Crippen molar-refractivity contribution in [2.24, 2.45) is 0 Å². The van der Waals surface area contributed by atoms with E-state index in [0.717, 1.165) is 38.1 Å². The van der Waals surface area contributed by atoms with E-state index in [2.05, 4.69) is 10.2 Å². The molecule has 1 aromatic carbocycles. The smallest absolute Gasteiger partial charge is 0.397 e. The highest BCUT2D eigenvalue weighted by Gasteiger charge is 2.36. The molecule has 2 heterocycles. The summed E-state index contributed by atoms with van der Waals surface area (Å²) < 4.78 is 37.9. The average Bonchev–Trinajstić information content (AvgIpc) is 2.83. The fourth-order valence-electron chi connectivity index (χ4n) is 3.49. The molecular formula is C15H20F3N3. The van der Waals surface area contributed by atoms with E-state index in [0.29, 0.717) is 11.7 Å². The molecule has 0 radical (unpaired) electrons. The second-order valence-electron chi connectivity index (χ2n) is 5.94. The van der Waals surface area contributed by atoms with Gasteiger partial charge in [-0.05, 0) is 44.0 Å². The number of fused-ring (bicyclic) bond motifs is 1. The molecule has 2 unspecified atom stereocenters. The molecule has 2 aliphatic heterocycles. The summed E-state index contributed by atoms with van der Waals surface area (Å²) in [5.74, 6) is 0. The molecule has 2 saturated heterocycles. The first-order chi connectivity index (χ1) is 9.95. The molecule has 21 heavy (non-hydrogen) atoms. The van der Waals surface area contributed by atoms with E-state index >= 15 is 0 Å². The Hall–Kier alpha value is -1.43. The molecule has 6 heteroatoms. The molecule has 0 saturated carbocycles. The number of nitrogens with zero attached hydrogens (tertiary/aromatic N) is 1. The molecule has 3 rings (SSSR count). The number of nitrogens with two attached hydrogens (primary N) is 1. The number of anilines is 2. The van der Waals surface area contributed by atoms with Crippen LogP contribution >= 0.6 is 0 Å². The van der Waals surface area contributed by atoms with Crippen LogP contribution in [0.5, 0.6) is 0 Å². The highest BCUT2D eigenvalue weighted by atomic mass is 19.4. The maximum absolute atomic E-state index is 12.6. The summed E-state index contributed by atoms with van der Waals surface area (Å²) in [5.41, 5.74) is 5.87. The molecule has 0 amide bonds. The number of alkyl halides is 3. The second kappa shape index (κ2) is 5.40. The third kappa shape index (κ3) is 2.95. The molecule has 0 bridgehead atoms. The Labute approximate surface area is 122 Å². The van der Waals surface area contributed by atoms with Gasteiger partial charge in [0, 0.05) is 18.6 Å². The van der Waals surface area contributed by atoms with E-state index in [-0.39, 0.29) is 11.7 Å². The van der Waals surface area contributed by atoms with Crippen LogP contribution in [0.3, 0.4) is 0 Å². The first kappa shape index (κ1) is 14.5. The minimum absolute atomic E-state index is 0.166. The van der Waals surface area contributed by atoms with Crippen LogP contribution in [0.25, 0.3) is 0 Å². The maximum atomic E-state index is 12.6. The number of hydrogen-bond acceptors (Lipinski definition) is 3. The number of hydrogen-bond donors (Lipinski definition) is 2. The van der Waals surface area contributed by atoms with Gasteiger partial charge in [0.15, 0.2) is 0 Å². The van der Waals surface area contributed by atoms with Gasteiger partial charge in [0.1, 0.15) is 0 Å². The van der Waals surface area contributed by atoms with Crippen molar-refractivity contribution in [3.63, 3.8) is 0 Å². The summed E-state index contributed by atoms with van der Waals surface area (Å²) in [6.07, 6.45) is 0.289. The highest BCUT2D eigenvalue weighted by Crippen LogP contribution is 2.35. The zero-order valence-corrected chi connectivity index (χ0v) is 11.8. The lowest BCUT2D eigenvalue weighted by Crippen LogP contribution is -2.41. The number of nitrogen functional groups attached to an aromatic ring is 1. The van der Waals surface area contributed by atoms with Crippen LogP contribution in [0.15, 0.2) is 18.2 Å². The van der Waals surface area contributed by atoms with Gasteiger partial charge in [-0.3, -0.25) is 4.90 Å². The summed E-state index contributed by atoms with van der Waals surface area (Å²) in [4.78, 5) is 2.47. The number of nitrogens with one attached hydrogen (secondary N) is 1. The molecular weight excluding hydrogens is 279 g/mol. The zero-order chi connectivity index (χ0) is 15.0. The average molecular weight is 299 g/mol. The SMILES string of the molecule is Nc1cc(C(F)(F)F)ccc1NC1CCN2CCCCC12. The molecule has 3 nitrogen and oxygen atoms in total. The second-order valence-corrected chi connectivity index (χ2v) is 5.94. The summed E-state index contributed by atoms with van der Waals surface area (Å²) in [6.45, 7) is 2.19. The normalized spacial score (nSPS) is 26.6. The van der Waals surface area contributed by atoms with Crippen LogP contribution in [0.4, 0.5) is 24.5 Å². The first-order valence-electron chi connectivity index (χ1n) is 7.42. The summed E-state index contributed by atoms with van der Waals surface area (Å²) in [6, 6.07) is 4.32. The van der Waals surface area contributed by atoms with Crippen molar-refractivity contribution in [3.8, 4) is 0 Å². The van der Waals surface area contributed by atoms with E-state index in [1.165, 1.54) is 18.9 Å². The summed E-state index contributed by atoms with van der Waals surface area (Å²) in [7, 11) is 0. The fourth-order valence-corrected chi connectivity index (χ4v) is 3.49. The van der Waals surface area contributed by atoms with Crippen LogP contribution in [-0.4, -0.2) is 30.1 Å². The molecule has 0 aromatic heterocycles. The predicted octanol–water partition coefficient (Wildman–Crippen LogP) is 3.33. The number of halogens is 3. The van der Waals surface area contributed by atoms with E-state index in [1.807, 2.05) is 0 Å². The highest BCUT2D eigenvalue weighted by molar-refractivity contribution is 5.67. The quantitative estimate of drug-likeness (QED) is 0.823. The zero-order valence-electron chi connectivity index (χ0n) is 11.8. The Morgan fingerprint density at radius 3 is 2.67 bits per heavy atom.